The van der Waals surface area contributed by atoms with Crippen LogP contribution in [0.2, 0.25) is 0 Å². The van der Waals surface area contributed by atoms with E-state index in [9.17, 15) is 9.59 Å². The molecule has 0 radical (unpaired) electrons. The van der Waals surface area contributed by atoms with Crippen LogP contribution in [0.3, 0.4) is 0 Å². The lowest BCUT2D eigenvalue weighted by molar-refractivity contribution is -0.139. The van der Waals surface area contributed by atoms with Gasteiger partial charge < -0.3 is 14.2 Å². The summed E-state index contributed by atoms with van der Waals surface area (Å²) in [7, 11) is 0. The molecule has 0 amide bonds. The Hall–Kier alpha value is -1.52. The van der Waals surface area contributed by atoms with Gasteiger partial charge in [-0.25, -0.2) is 4.79 Å². The predicted molar refractivity (Wildman–Crippen MR) is 37.1 cm³/mol. The van der Waals surface area contributed by atoms with Crippen molar-refractivity contribution in [2.45, 2.75) is 6.92 Å². The van der Waals surface area contributed by atoms with Gasteiger partial charge in [0, 0.05) is 6.92 Å². The lowest BCUT2D eigenvalue weighted by Crippen LogP contribution is -1.99. The molecule has 0 N–H and O–H groups in total. The van der Waals surface area contributed by atoms with Gasteiger partial charge in [0.1, 0.15) is 12.4 Å². The molecule has 1 saturated heterocycles. The third kappa shape index (κ3) is 2.61. The van der Waals surface area contributed by atoms with Crippen molar-refractivity contribution in [3.63, 3.8) is 0 Å². The second kappa shape index (κ2) is 3.75. The van der Waals surface area contributed by atoms with Crippen molar-refractivity contribution in [2.75, 3.05) is 13.2 Å². The molecule has 1 fully saturated rings. The molecule has 5 nitrogen and oxygen atoms in total. The lowest BCUT2D eigenvalue weighted by Gasteiger charge is -1.95. The zero-order valence-electron chi connectivity index (χ0n) is 6.53. The standard InChI is InChI=1S/C7H8O5/c1-5(8)10-3-2-6-4-11-7(9)12-6/h2H,3-4H2,1H3. The van der Waals surface area contributed by atoms with Gasteiger partial charge in [-0.05, 0) is 6.08 Å². The van der Waals surface area contributed by atoms with Crippen LogP contribution < -0.4 is 0 Å². The average molecular weight is 172 g/mol. The maximum Gasteiger partial charge on any atom is 0.514 e. The van der Waals surface area contributed by atoms with Gasteiger partial charge >= 0.3 is 12.1 Å². The third-order valence-corrected chi connectivity index (χ3v) is 1.14. The van der Waals surface area contributed by atoms with Crippen molar-refractivity contribution in [1.29, 1.82) is 0 Å². The molecule has 0 spiro atoms. The van der Waals surface area contributed by atoms with Gasteiger partial charge in [0.2, 0.25) is 0 Å². The molecule has 0 aliphatic carbocycles. The summed E-state index contributed by atoms with van der Waals surface area (Å²) in [6.07, 6.45) is 0.760. The first-order valence-corrected chi connectivity index (χ1v) is 3.35. The normalized spacial score (nSPS) is 18.8. The molecule has 5 heteroatoms. The van der Waals surface area contributed by atoms with Gasteiger partial charge in [-0.15, -0.1) is 0 Å². The van der Waals surface area contributed by atoms with Gasteiger partial charge in [-0.1, -0.05) is 0 Å². The van der Waals surface area contributed by atoms with E-state index < -0.39 is 6.16 Å². The highest BCUT2D eigenvalue weighted by Crippen LogP contribution is 2.08. The van der Waals surface area contributed by atoms with Crippen LogP contribution in [0.5, 0.6) is 0 Å². The van der Waals surface area contributed by atoms with Crippen molar-refractivity contribution in [3.05, 3.63) is 11.8 Å². The molecule has 0 saturated carbocycles. The summed E-state index contributed by atoms with van der Waals surface area (Å²) in [6, 6.07) is 0. The molecule has 66 valence electrons. The van der Waals surface area contributed by atoms with Crippen molar-refractivity contribution in [3.8, 4) is 0 Å². The minimum absolute atomic E-state index is 0.0985. The van der Waals surface area contributed by atoms with E-state index in [2.05, 4.69) is 14.2 Å². The van der Waals surface area contributed by atoms with E-state index in [4.69, 9.17) is 0 Å². The van der Waals surface area contributed by atoms with E-state index in [0.717, 1.165) is 0 Å². The van der Waals surface area contributed by atoms with Crippen molar-refractivity contribution < 1.29 is 23.8 Å². The largest absolute Gasteiger partial charge is 0.514 e. The van der Waals surface area contributed by atoms with Crippen LogP contribution in [0.4, 0.5) is 4.79 Å². The van der Waals surface area contributed by atoms with Crippen LogP contribution in [-0.4, -0.2) is 25.3 Å². The molecule has 12 heavy (non-hydrogen) atoms. The van der Waals surface area contributed by atoms with E-state index in [1.165, 1.54) is 13.0 Å². The van der Waals surface area contributed by atoms with E-state index in [1.807, 2.05) is 0 Å². The number of esters is 1. The van der Waals surface area contributed by atoms with Crippen LogP contribution >= 0.6 is 0 Å². The van der Waals surface area contributed by atoms with E-state index >= 15 is 0 Å². The summed E-state index contributed by atoms with van der Waals surface area (Å²) >= 11 is 0. The molecule has 0 unspecified atom stereocenters. The quantitative estimate of drug-likeness (QED) is 0.571. The molecule has 1 aliphatic heterocycles. The summed E-state index contributed by atoms with van der Waals surface area (Å²) in [5, 5.41) is 0. The van der Waals surface area contributed by atoms with Gasteiger partial charge in [0.05, 0.1) is 0 Å². The Kier molecular flexibility index (Phi) is 2.68. The highest BCUT2D eigenvalue weighted by atomic mass is 16.8. The number of rotatable bonds is 2. The van der Waals surface area contributed by atoms with Crippen molar-refractivity contribution in [2.24, 2.45) is 0 Å². The number of cyclic esters (lactones) is 2. The molecule has 0 aromatic carbocycles. The summed E-state index contributed by atoms with van der Waals surface area (Å²) in [6.45, 7) is 1.51. The molecule has 0 bridgehead atoms. The summed E-state index contributed by atoms with van der Waals surface area (Å²) in [4.78, 5) is 20.6. The zero-order valence-corrected chi connectivity index (χ0v) is 6.53. The fraction of sp³-hybridized carbons (Fsp3) is 0.429. The smallest absolute Gasteiger partial charge is 0.461 e. The molecule has 1 heterocycles. The fourth-order valence-corrected chi connectivity index (χ4v) is 0.649. The molecule has 1 rings (SSSR count). The predicted octanol–water partition coefficient (Wildman–Crippen LogP) is 0.600. The Morgan fingerprint density at radius 1 is 1.75 bits per heavy atom. The van der Waals surface area contributed by atoms with Crippen LogP contribution in [0.1, 0.15) is 6.92 Å². The minimum Gasteiger partial charge on any atom is -0.461 e. The molecular weight excluding hydrogens is 164 g/mol. The monoisotopic (exact) mass is 172 g/mol. The molecule has 0 aromatic heterocycles. The first-order valence-electron chi connectivity index (χ1n) is 3.35. The Balaban J connectivity index is 2.28. The Bertz CT molecular complexity index is 230. The second-order valence-corrected chi connectivity index (χ2v) is 2.11. The third-order valence-electron chi connectivity index (χ3n) is 1.14. The maximum absolute atomic E-state index is 10.4. The summed E-state index contributed by atoms with van der Waals surface area (Å²) < 4.78 is 13.6. The van der Waals surface area contributed by atoms with Crippen molar-refractivity contribution >= 4 is 12.1 Å². The Labute approximate surface area is 68.9 Å². The average Bonchev–Trinajstić information content (AvgIpc) is 2.35. The summed E-state index contributed by atoms with van der Waals surface area (Å²) in [5.74, 6) is -0.00154. The Morgan fingerprint density at radius 2 is 2.50 bits per heavy atom. The van der Waals surface area contributed by atoms with E-state index in [1.54, 1.807) is 0 Å². The highest BCUT2D eigenvalue weighted by molar-refractivity contribution is 5.66. The molecule has 0 atom stereocenters. The first-order chi connectivity index (χ1) is 5.68. The van der Waals surface area contributed by atoms with Gasteiger partial charge in [0.15, 0.2) is 6.61 Å². The maximum atomic E-state index is 10.4. The van der Waals surface area contributed by atoms with Gasteiger partial charge in [-0.2, -0.15) is 0 Å². The van der Waals surface area contributed by atoms with Crippen LogP contribution in [0, 0.1) is 0 Å². The van der Waals surface area contributed by atoms with Crippen LogP contribution in [0.15, 0.2) is 11.8 Å². The van der Waals surface area contributed by atoms with Crippen LogP contribution in [-0.2, 0) is 19.0 Å². The van der Waals surface area contributed by atoms with E-state index in [-0.39, 0.29) is 19.2 Å². The zero-order chi connectivity index (χ0) is 8.97. The molecular formula is C7H8O5. The first kappa shape index (κ1) is 8.58. The topological polar surface area (TPSA) is 61.8 Å². The van der Waals surface area contributed by atoms with Gasteiger partial charge in [0.25, 0.3) is 0 Å². The SMILES string of the molecule is CC(=O)OCC=C1COC(=O)O1. The van der Waals surface area contributed by atoms with E-state index in [0.29, 0.717) is 5.76 Å². The van der Waals surface area contributed by atoms with Gasteiger partial charge in [-0.3, -0.25) is 4.79 Å². The Morgan fingerprint density at radius 3 is 3.00 bits per heavy atom. The number of hydrogen-bond acceptors (Lipinski definition) is 5. The number of carbonyl (C=O) groups is 2. The number of ether oxygens (including phenoxy) is 3. The number of carbonyl (C=O) groups excluding carboxylic acids is 2. The van der Waals surface area contributed by atoms with Crippen LogP contribution in [0.25, 0.3) is 0 Å². The molecule has 0 aromatic rings. The minimum atomic E-state index is -0.718. The highest BCUT2D eigenvalue weighted by Gasteiger charge is 2.17. The second-order valence-electron chi connectivity index (χ2n) is 2.11. The fourth-order valence-electron chi connectivity index (χ4n) is 0.649. The molecule has 1 aliphatic rings. The summed E-state index contributed by atoms with van der Waals surface area (Å²) in [5.41, 5.74) is 0. The lowest BCUT2D eigenvalue weighted by atomic mass is 10.5. The number of hydrogen-bond donors (Lipinski definition) is 0. The van der Waals surface area contributed by atoms with Crippen molar-refractivity contribution in [1.82, 2.24) is 0 Å².